The first-order valence-electron chi connectivity index (χ1n) is 8.79. The molecule has 0 unspecified atom stereocenters. The summed E-state index contributed by atoms with van der Waals surface area (Å²) in [5, 5.41) is 4.88. The number of aryl methyl sites for hydroxylation is 2. The summed E-state index contributed by atoms with van der Waals surface area (Å²) < 4.78 is 9.78. The maximum absolute atomic E-state index is 11.3. The maximum Gasteiger partial charge on any atom is 0.331 e. The fourth-order valence-corrected chi connectivity index (χ4v) is 2.46. The van der Waals surface area contributed by atoms with Crippen LogP contribution in [0, 0.1) is 0 Å². The van der Waals surface area contributed by atoms with Crippen molar-refractivity contribution < 1.29 is 23.9 Å². The lowest BCUT2D eigenvalue weighted by Crippen LogP contribution is -2.38. The van der Waals surface area contributed by atoms with Crippen molar-refractivity contribution in [1.29, 1.82) is 0 Å². The summed E-state index contributed by atoms with van der Waals surface area (Å²) in [5.41, 5.74) is 2.54. The summed E-state index contributed by atoms with van der Waals surface area (Å²) in [6, 6.07) is 8.23. The number of hydrogen-bond acceptors (Lipinski definition) is 5. The Morgan fingerprint density at radius 3 is 2.23 bits per heavy atom. The van der Waals surface area contributed by atoms with Crippen LogP contribution >= 0.6 is 0 Å². The quantitative estimate of drug-likeness (QED) is 0.347. The molecule has 0 aliphatic rings. The molecule has 0 heterocycles. The Bertz CT molecular complexity index is 589. The molecule has 7 nitrogen and oxygen atoms in total. The van der Waals surface area contributed by atoms with Crippen molar-refractivity contribution in [3.05, 3.63) is 35.4 Å². The van der Waals surface area contributed by atoms with Crippen molar-refractivity contribution in [3.8, 4) is 0 Å². The highest BCUT2D eigenvalue weighted by atomic mass is 16.6. The molecule has 144 valence electrons. The molecule has 1 aromatic carbocycles. The largest absolute Gasteiger partial charge is 0.467 e. The molecule has 0 spiro atoms. The number of nitrogens with one attached hydrogen (secondary N) is 2. The van der Waals surface area contributed by atoms with E-state index in [4.69, 9.17) is 4.74 Å². The van der Waals surface area contributed by atoms with Gasteiger partial charge in [0.15, 0.2) is 0 Å². The molecule has 2 amide bonds. The number of hydrogen-bond donors (Lipinski definition) is 2. The topological polar surface area (TPSA) is 93.7 Å². The molecule has 7 heteroatoms. The van der Waals surface area contributed by atoms with Crippen LogP contribution in [-0.2, 0) is 36.7 Å². The number of ether oxygens (including phenoxy) is 2. The van der Waals surface area contributed by atoms with Gasteiger partial charge < -0.3 is 20.1 Å². The maximum atomic E-state index is 11.3. The first-order chi connectivity index (χ1) is 12.6. The van der Waals surface area contributed by atoms with Crippen molar-refractivity contribution in [2.75, 3.05) is 33.9 Å². The minimum atomic E-state index is -0.621. The molecule has 0 saturated carbocycles. The monoisotopic (exact) mass is 364 g/mol. The van der Waals surface area contributed by atoms with E-state index in [0.29, 0.717) is 13.2 Å². The van der Waals surface area contributed by atoms with Crippen molar-refractivity contribution >= 4 is 17.8 Å². The standard InChI is InChI=1S/C19H28N2O5/c1-20-18(23)19(24)21-12-6-5-10-15-8-3-4-9-16(15)11-7-13-26-14-17(22)25-2/h3-4,8-9H,5-7,10-14H2,1-2H3,(H,20,23)(H,21,24). The zero-order valence-corrected chi connectivity index (χ0v) is 15.5. The molecule has 2 N–H and O–H groups in total. The second kappa shape index (κ2) is 12.9. The molecule has 0 radical (unpaired) electrons. The van der Waals surface area contributed by atoms with E-state index in [9.17, 15) is 14.4 Å². The first kappa shape index (κ1) is 21.6. The highest BCUT2D eigenvalue weighted by molar-refractivity contribution is 6.34. The average Bonchev–Trinajstić information content (AvgIpc) is 2.67. The third-order valence-electron chi connectivity index (χ3n) is 3.89. The number of unbranched alkanes of at least 4 members (excludes halogenated alkanes) is 1. The third-order valence-corrected chi connectivity index (χ3v) is 3.89. The molecular weight excluding hydrogens is 336 g/mol. The van der Waals surface area contributed by atoms with E-state index in [-0.39, 0.29) is 12.6 Å². The van der Waals surface area contributed by atoms with Crippen LogP contribution in [0.5, 0.6) is 0 Å². The lowest BCUT2D eigenvalue weighted by atomic mass is 9.98. The smallest absolute Gasteiger partial charge is 0.331 e. The molecule has 0 fully saturated rings. The van der Waals surface area contributed by atoms with Gasteiger partial charge in [-0.3, -0.25) is 9.59 Å². The SMILES string of the molecule is CNC(=O)C(=O)NCCCCc1ccccc1CCCOCC(=O)OC. The van der Waals surface area contributed by atoms with Gasteiger partial charge in [-0.15, -0.1) is 0 Å². The summed E-state index contributed by atoms with van der Waals surface area (Å²) in [6.07, 6.45) is 4.35. The van der Waals surface area contributed by atoms with Gasteiger partial charge in [-0.05, 0) is 43.2 Å². The van der Waals surface area contributed by atoms with Crippen LogP contribution in [0.1, 0.15) is 30.4 Å². The van der Waals surface area contributed by atoms with Crippen molar-refractivity contribution in [1.82, 2.24) is 10.6 Å². The Balaban J connectivity index is 2.27. The summed E-state index contributed by atoms with van der Waals surface area (Å²) in [5.74, 6) is -1.58. The number of carbonyl (C=O) groups excluding carboxylic acids is 3. The molecular formula is C19H28N2O5. The van der Waals surface area contributed by atoms with Crippen molar-refractivity contribution in [2.45, 2.75) is 32.1 Å². The van der Waals surface area contributed by atoms with Gasteiger partial charge in [0.1, 0.15) is 6.61 Å². The summed E-state index contributed by atoms with van der Waals surface area (Å²) in [6.45, 7) is 0.977. The van der Waals surface area contributed by atoms with Gasteiger partial charge in [-0.2, -0.15) is 0 Å². The molecule has 0 bridgehead atoms. The molecule has 1 aromatic rings. The van der Waals surface area contributed by atoms with E-state index in [0.717, 1.165) is 32.1 Å². The van der Waals surface area contributed by atoms with Crippen molar-refractivity contribution in [3.63, 3.8) is 0 Å². The number of methoxy groups -OCH3 is 1. The average molecular weight is 364 g/mol. The van der Waals surface area contributed by atoms with E-state index in [1.807, 2.05) is 12.1 Å². The van der Waals surface area contributed by atoms with Gasteiger partial charge in [0, 0.05) is 20.2 Å². The Morgan fingerprint density at radius 2 is 1.62 bits per heavy atom. The molecule has 0 aliphatic carbocycles. The minimum Gasteiger partial charge on any atom is -0.467 e. The second-order valence-electron chi connectivity index (χ2n) is 5.79. The predicted octanol–water partition coefficient (Wildman–Crippen LogP) is 0.994. The molecule has 1 rings (SSSR count). The Hall–Kier alpha value is -2.41. The summed E-state index contributed by atoms with van der Waals surface area (Å²) in [4.78, 5) is 33.4. The molecule has 0 atom stereocenters. The lowest BCUT2D eigenvalue weighted by molar-refractivity contribution is -0.145. The van der Waals surface area contributed by atoms with Crippen LogP contribution < -0.4 is 10.6 Å². The number of esters is 1. The molecule has 0 aliphatic heterocycles. The second-order valence-corrected chi connectivity index (χ2v) is 5.79. The first-order valence-corrected chi connectivity index (χ1v) is 8.79. The molecule has 26 heavy (non-hydrogen) atoms. The summed E-state index contributed by atoms with van der Waals surface area (Å²) >= 11 is 0. The van der Waals surface area contributed by atoms with Gasteiger partial charge >= 0.3 is 17.8 Å². The number of carbonyl (C=O) groups is 3. The van der Waals surface area contributed by atoms with Gasteiger partial charge in [0.2, 0.25) is 0 Å². The van der Waals surface area contributed by atoms with Crippen LogP contribution in [0.25, 0.3) is 0 Å². The Morgan fingerprint density at radius 1 is 0.962 bits per heavy atom. The van der Waals surface area contributed by atoms with E-state index in [1.165, 1.54) is 25.3 Å². The Kier molecular flexibility index (Phi) is 10.7. The number of amides is 2. The lowest BCUT2D eigenvalue weighted by Gasteiger charge is -2.10. The fraction of sp³-hybridized carbons (Fsp3) is 0.526. The van der Waals surface area contributed by atoms with Crippen molar-refractivity contribution in [2.24, 2.45) is 0 Å². The highest BCUT2D eigenvalue weighted by Crippen LogP contribution is 2.14. The van der Waals surface area contributed by atoms with Crippen LogP contribution in [0.2, 0.25) is 0 Å². The number of benzene rings is 1. The summed E-state index contributed by atoms with van der Waals surface area (Å²) in [7, 11) is 2.77. The third kappa shape index (κ3) is 8.62. The van der Waals surface area contributed by atoms with E-state index in [1.54, 1.807) is 0 Å². The van der Waals surface area contributed by atoms with Crippen LogP contribution in [0.4, 0.5) is 0 Å². The minimum absolute atomic E-state index is 0.0140. The van der Waals surface area contributed by atoms with Crippen LogP contribution in [-0.4, -0.2) is 51.7 Å². The number of rotatable bonds is 11. The van der Waals surface area contributed by atoms with E-state index < -0.39 is 11.8 Å². The molecule has 0 aromatic heterocycles. The normalized spacial score (nSPS) is 10.2. The van der Waals surface area contributed by atoms with Gasteiger partial charge in [-0.25, -0.2) is 4.79 Å². The molecule has 0 saturated heterocycles. The van der Waals surface area contributed by atoms with Crippen LogP contribution in [0.15, 0.2) is 24.3 Å². The van der Waals surface area contributed by atoms with Gasteiger partial charge in [0.25, 0.3) is 0 Å². The van der Waals surface area contributed by atoms with Gasteiger partial charge in [-0.1, -0.05) is 24.3 Å². The zero-order chi connectivity index (χ0) is 19.2. The highest BCUT2D eigenvalue weighted by Gasteiger charge is 2.09. The predicted molar refractivity (Wildman–Crippen MR) is 97.6 cm³/mol. The fourth-order valence-electron chi connectivity index (χ4n) is 2.46. The van der Waals surface area contributed by atoms with Crippen LogP contribution in [0.3, 0.4) is 0 Å². The zero-order valence-electron chi connectivity index (χ0n) is 15.5. The van der Waals surface area contributed by atoms with E-state index in [2.05, 4.69) is 27.5 Å². The Labute approximate surface area is 154 Å². The van der Waals surface area contributed by atoms with Gasteiger partial charge in [0.05, 0.1) is 7.11 Å². The number of likely N-dealkylation sites (N-methyl/N-ethyl adjacent to an activating group) is 1. The van der Waals surface area contributed by atoms with E-state index >= 15 is 0 Å².